The quantitative estimate of drug-likeness (QED) is 0.635. The molecule has 2 atom stereocenters. The van der Waals surface area contributed by atoms with E-state index in [2.05, 4.69) is 23.9 Å². The fraction of sp³-hybridized carbons (Fsp3) is 0.538. The predicted molar refractivity (Wildman–Crippen MR) is 130 cm³/mol. The van der Waals surface area contributed by atoms with Gasteiger partial charge in [0.1, 0.15) is 23.7 Å². The number of nitrogens with zero attached hydrogens (tertiary/aromatic N) is 2. The zero-order valence-corrected chi connectivity index (χ0v) is 21.5. The van der Waals surface area contributed by atoms with Crippen molar-refractivity contribution < 1.29 is 17.9 Å². The molecule has 33 heavy (non-hydrogen) atoms. The van der Waals surface area contributed by atoms with Crippen LogP contribution in [0.25, 0.3) is 0 Å². The van der Waals surface area contributed by atoms with Gasteiger partial charge in [0, 0.05) is 26.2 Å². The molecule has 0 spiro atoms. The summed E-state index contributed by atoms with van der Waals surface area (Å²) in [5, 5.41) is 0. The highest BCUT2D eigenvalue weighted by atomic mass is 32.2. The maximum Gasteiger partial charge on any atom is 0.206 e. The Morgan fingerprint density at radius 2 is 1.03 bits per heavy atom. The zero-order chi connectivity index (χ0) is 23.9. The summed E-state index contributed by atoms with van der Waals surface area (Å²) in [4.78, 5) is 5.10. The molecule has 0 saturated carbocycles. The maximum atomic E-state index is 13.5. The molecule has 2 aliphatic rings. The lowest BCUT2D eigenvalue weighted by Crippen LogP contribution is -2.22. The minimum Gasteiger partial charge on any atom is -0.488 e. The summed E-state index contributed by atoms with van der Waals surface area (Å²) < 4.78 is 39.6. The maximum absolute atomic E-state index is 13.5. The van der Waals surface area contributed by atoms with E-state index in [1.165, 1.54) is 0 Å². The molecule has 0 radical (unpaired) electrons. The van der Waals surface area contributed by atoms with E-state index in [9.17, 15) is 8.42 Å². The highest BCUT2D eigenvalue weighted by molar-refractivity contribution is 7.91. The monoisotopic (exact) mass is 472 g/mol. The predicted octanol–water partition coefficient (Wildman–Crippen LogP) is 3.92. The topological polar surface area (TPSA) is 59.1 Å². The number of rotatable bonds is 6. The zero-order valence-electron chi connectivity index (χ0n) is 20.6. The van der Waals surface area contributed by atoms with Gasteiger partial charge in [0.15, 0.2) is 0 Å². The van der Waals surface area contributed by atoms with Crippen LogP contribution in [-0.4, -0.2) is 70.7 Å². The summed E-state index contributed by atoms with van der Waals surface area (Å²) in [5.74, 6) is 1.60. The number of aryl methyl sites for hydroxylation is 4. The van der Waals surface area contributed by atoms with Gasteiger partial charge in [-0.1, -0.05) is 0 Å². The molecule has 0 aromatic heterocycles. The molecule has 0 N–H and O–H groups in total. The van der Waals surface area contributed by atoms with Crippen LogP contribution in [0, 0.1) is 27.7 Å². The Balaban J connectivity index is 1.60. The molecule has 2 aromatic rings. The van der Waals surface area contributed by atoms with Crippen LogP contribution >= 0.6 is 0 Å². The van der Waals surface area contributed by atoms with Gasteiger partial charge in [-0.2, -0.15) is 0 Å². The molecule has 2 heterocycles. The van der Waals surface area contributed by atoms with Crippen LogP contribution in [0.15, 0.2) is 34.1 Å². The Kier molecular flexibility index (Phi) is 6.76. The average Bonchev–Trinajstić information content (AvgIpc) is 3.34. The fourth-order valence-electron chi connectivity index (χ4n) is 4.95. The molecular formula is C26H36N2O4S. The van der Waals surface area contributed by atoms with Crippen LogP contribution in [0.5, 0.6) is 11.5 Å². The number of hydrogen-bond acceptors (Lipinski definition) is 6. The first-order valence-electron chi connectivity index (χ1n) is 11.7. The molecule has 6 nitrogen and oxygen atoms in total. The molecule has 7 heteroatoms. The standard InChI is InChI=1S/C26H36N2O4S/c1-17-11-23(12-18(2)25(17)31-21-7-9-27(5)15-21)33(29,30)24-13-19(3)26(20(4)14-24)32-22-8-10-28(6)16-22/h11-14,21-22H,7-10,15-16H2,1-6H3. The van der Waals surface area contributed by atoms with Crippen LogP contribution in [0.2, 0.25) is 0 Å². The van der Waals surface area contributed by atoms with Gasteiger partial charge in [-0.3, -0.25) is 0 Å². The number of likely N-dealkylation sites (N-methyl/N-ethyl adjacent to an activating group) is 2. The molecule has 180 valence electrons. The first-order valence-corrected chi connectivity index (χ1v) is 13.2. The van der Waals surface area contributed by atoms with E-state index in [0.29, 0.717) is 9.79 Å². The van der Waals surface area contributed by atoms with Crippen molar-refractivity contribution in [3.8, 4) is 11.5 Å². The van der Waals surface area contributed by atoms with E-state index < -0.39 is 9.84 Å². The van der Waals surface area contributed by atoms with Crippen molar-refractivity contribution in [3.05, 3.63) is 46.5 Å². The number of hydrogen-bond donors (Lipinski definition) is 0. The Labute approximate surface area is 198 Å². The van der Waals surface area contributed by atoms with Crippen molar-refractivity contribution in [3.63, 3.8) is 0 Å². The highest BCUT2D eigenvalue weighted by Crippen LogP contribution is 2.34. The smallest absolute Gasteiger partial charge is 0.206 e. The Bertz CT molecular complexity index is 1020. The lowest BCUT2D eigenvalue weighted by atomic mass is 10.1. The van der Waals surface area contributed by atoms with E-state index in [-0.39, 0.29) is 12.2 Å². The number of benzene rings is 2. The van der Waals surface area contributed by atoms with Crippen molar-refractivity contribution in [2.24, 2.45) is 0 Å². The lowest BCUT2D eigenvalue weighted by Gasteiger charge is -2.20. The van der Waals surface area contributed by atoms with E-state index in [1.54, 1.807) is 24.3 Å². The van der Waals surface area contributed by atoms with Gasteiger partial charge in [-0.25, -0.2) is 8.42 Å². The number of likely N-dealkylation sites (tertiary alicyclic amines) is 2. The molecule has 4 rings (SSSR count). The number of ether oxygens (including phenoxy) is 2. The summed E-state index contributed by atoms with van der Waals surface area (Å²) in [6.45, 7) is 11.5. The van der Waals surface area contributed by atoms with Gasteiger partial charge in [-0.15, -0.1) is 0 Å². The van der Waals surface area contributed by atoms with Gasteiger partial charge in [0.05, 0.1) is 9.79 Å². The molecule has 0 aliphatic carbocycles. The Morgan fingerprint density at radius 1 is 0.697 bits per heavy atom. The van der Waals surface area contributed by atoms with Gasteiger partial charge in [0.2, 0.25) is 9.84 Å². The normalized spacial score (nSPS) is 22.1. The van der Waals surface area contributed by atoms with Gasteiger partial charge >= 0.3 is 0 Å². The second-order valence-corrected chi connectivity index (χ2v) is 11.8. The lowest BCUT2D eigenvalue weighted by molar-refractivity contribution is 0.205. The second kappa shape index (κ2) is 9.28. The van der Waals surface area contributed by atoms with Crippen LogP contribution in [0.3, 0.4) is 0 Å². The van der Waals surface area contributed by atoms with Crippen molar-refractivity contribution in [1.82, 2.24) is 9.80 Å². The van der Waals surface area contributed by atoms with E-state index in [0.717, 1.165) is 72.8 Å². The van der Waals surface area contributed by atoms with Crippen LogP contribution in [0.1, 0.15) is 35.1 Å². The summed E-state index contributed by atoms with van der Waals surface area (Å²) >= 11 is 0. The van der Waals surface area contributed by atoms with Crippen molar-refractivity contribution in [2.45, 2.75) is 62.5 Å². The average molecular weight is 473 g/mol. The highest BCUT2D eigenvalue weighted by Gasteiger charge is 2.27. The SMILES string of the molecule is Cc1cc(S(=O)(=O)c2cc(C)c(OC3CCN(C)C3)c(C)c2)cc(C)c1OC1CCN(C)C1. The fourth-order valence-corrected chi connectivity index (χ4v) is 6.55. The summed E-state index contributed by atoms with van der Waals surface area (Å²) in [7, 11) is 0.515. The van der Waals surface area contributed by atoms with Crippen LogP contribution in [-0.2, 0) is 9.84 Å². The van der Waals surface area contributed by atoms with Crippen molar-refractivity contribution in [2.75, 3.05) is 40.3 Å². The minimum atomic E-state index is -3.66. The first kappa shape index (κ1) is 24.0. The molecule has 2 unspecified atom stereocenters. The molecule has 2 aliphatic heterocycles. The van der Waals surface area contributed by atoms with E-state index >= 15 is 0 Å². The van der Waals surface area contributed by atoms with E-state index in [4.69, 9.17) is 9.47 Å². The third-order valence-electron chi connectivity index (χ3n) is 6.75. The van der Waals surface area contributed by atoms with Crippen LogP contribution in [0.4, 0.5) is 0 Å². The third kappa shape index (κ3) is 5.05. The molecule has 2 aromatic carbocycles. The summed E-state index contributed by atoms with van der Waals surface area (Å²) in [6, 6.07) is 6.94. The largest absolute Gasteiger partial charge is 0.488 e. The molecule has 2 saturated heterocycles. The molecule has 0 amide bonds. The van der Waals surface area contributed by atoms with Gasteiger partial charge in [-0.05, 0) is 101 Å². The van der Waals surface area contributed by atoms with Gasteiger partial charge < -0.3 is 19.3 Å². The molecule has 0 bridgehead atoms. The number of sulfone groups is 1. The van der Waals surface area contributed by atoms with Crippen LogP contribution < -0.4 is 9.47 Å². The third-order valence-corrected chi connectivity index (χ3v) is 8.47. The summed E-state index contributed by atoms with van der Waals surface area (Å²) in [6.07, 6.45) is 2.26. The molecule has 2 fully saturated rings. The minimum absolute atomic E-state index is 0.146. The van der Waals surface area contributed by atoms with Crippen molar-refractivity contribution in [1.29, 1.82) is 0 Å². The molecular weight excluding hydrogens is 436 g/mol. The Hall–Kier alpha value is -2.09. The van der Waals surface area contributed by atoms with E-state index in [1.807, 2.05) is 27.7 Å². The second-order valence-electron chi connectivity index (χ2n) is 9.86. The van der Waals surface area contributed by atoms with Gasteiger partial charge in [0.25, 0.3) is 0 Å². The Morgan fingerprint density at radius 3 is 1.30 bits per heavy atom. The van der Waals surface area contributed by atoms with Crippen molar-refractivity contribution >= 4 is 9.84 Å². The first-order chi connectivity index (χ1) is 15.5. The summed E-state index contributed by atoms with van der Waals surface area (Å²) in [5.41, 5.74) is 3.40.